The number of carbonyl (C=O) groups excluding carboxylic acids is 1. The molecule has 0 aliphatic carbocycles. The van der Waals surface area contributed by atoms with E-state index in [1.54, 1.807) is 13.0 Å². The summed E-state index contributed by atoms with van der Waals surface area (Å²) in [4.78, 5) is 13.6. The number of thioether (sulfide) groups is 1. The SMILES string of the molecule is Cc1ccc(F)cc1N1C(=O)CSC1c1cc(F)cc(F)c1. The van der Waals surface area contributed by atoms with E-state index < -0.39 is 22.8 Å². The Bertz CT molecular complexity index is 730. The second-order valence-electron chi connectivity index (χ2n) is 5.06. The molecule has 22 heavy (non-hydrogen) atoms. The zero-order valence-corrected chi connectivity index (χ0v) is 12.5. The van der Waals surface area contributed by atoms with Gasteiger partial charge in [0, 0.05) is 6.07 Å². The molecule has 1 saturated heterocycles. The number of benzene rings is 2. The predicted octanol–water partition coefficient (Wildman–Crippen LogP) is 4.19. The number of amides is 1. The van der Waals surface area contributed by atoms with Gasteiger partial charge in [-0.3, -0.25) is 9.69 Å². The first-order valence-electron chi connectivity index (χ1n) is 6.61. The van der Waals surface area contributed by atoms with E-state index in [1.807, 2.05) is 0 Å². The van der Waals surface area contributed by atoms with Crippen molar-refractivity contribution < 1.29 is 18.0 Å². The maximum absolute atomic E-state index is 13.5. The highest BCUT2D eigenvalue weighted by Gasteiger charge is 2.35. The fourth-order valence-electron chi connectivity index (χ4n) is 2.49. The molecule has 1 aliphatic heterocycles. The van der Waals surface area contributed by atoms with Gasteiger partial charge >= 0.3 is 0 Å². The lowest BCUT2D eigenvalue weighted by Gasteiger charge is -2.26. The fraction of sp³-hybridized carbons (Fsp3) is 0.188. The number of rotatable bonds is 2. The highest BCUT2D eigenvalue weighted by atomic mass is 32.2. The zero-order valence-electron chi connectivity index (χ0n) is 11.6. The van der Waals surface area contributed by atoms with Crippen LogP contribution in [-0.2, 0) is 4.79 Å². The van der Waals surface area contributed by atoms with Gasteiger partial charge in [-0.25, -0.2) is 13.2 Å². The van der Waals surface area contributed by atoms with Crippen molar-refractivity contribution in [2.45, 2.75) is 12.3 Å². The van der Waals surface area contributed by atoms with Crippen molar-refractivity contribution in [2.24, 2.45) is 0 Å². The van der Waals surface area contributed by atoms with Crippen molar-refractivity contribution in [3.63, 3.8) is 0 Å². The van der Waals surface area contributed by atoms with Crippen LogP contribution in [0.4, 0.5) is 18.9 Å². The zero-order chi connectivity index (χ0) is 15.9. The molecule has 0 bridgehead atoms. The third-order valence-corrected chi connectivity index (χ3v) is 4.68. The van der Waals surface area contributed by atoms with Gasteiger partial charge in [0.15, 0.2) is 0 Å². The number of aryl methyl sites for hydroxylation is 1. The molecule has 1 heterocycles. The minimum absolute atomic E-state index is 0.179. The second kappa shape index (κ2) is 5.68. The van der Waals surface area contributed by atoms with E-state index in [9.17, 15) is 18.0 Å². The number of carbonyl (C=O) groups is 1. The second-order valence-corrected chi connectivity index (χ2v) is 6.13. The Labute approximate surface area is 129 Å². The highest BCUT2D eigenvalue weighted by Crippen LogP contribution is 2.43. The lowest BCUT2D eigenvalue weighted by atomic mass is 10.1. The first-order valence-corrected chi connectivity index (χ1v) is 7.66. The first kappa shape index (κ1) is 15.0. The molecule has 1 unspecified atom stereocenters. The molecule has 0 radical (unpaired) electrons. The third kappa shape index (κ3) is 2.70. The number of halogens is 3. The van der Waals surface area contributed by atoms with Crippen LogP contribution in [0.15, 0.2) is 36.4 Å². The monoisotopic (exact) mass is 323 g/mol. The molecule has 0 N–H and O–H groups in total. The molecule has 0 spiro atoms. The van der Waals surface area contributed by atoms with Crippen molar-refractivity contribution in [1.82, 2.24) is 0 Å². The summed E-state index contributed by atoms with van der Waals surface area (Å²) in [6.45, 7) is 1.76. The largest absolute Gasteiger partial charge is 0.295 e. The summed E-state index contributed by atoms with van der Waals surface area (Å²) in [6.07, 6.45) is 0. The minimum atomic E-state index is -0.703. The number of nitrogens with zero attached hydrogens (tertiary/aromatic N) is 1. The standard InChI is InChI=1S/C16H12F3NOS/c1-9-2-3-11(17)7-14(9)20-15(21)8-22-16(20)10-4-12(18)6-13(19)5-10/h2-7,16H,8H2,1H3. The Balaban J connectivity index is 2.08. The third-order valence-electron chi connectivity index (χ3n) is 3.47. The summed E-state index contributed by atoms with van der Waals surface area (Å²) < 4.78 is 40.4. The van der Waals surface area contributed by atoms with Crippen LogP contribution >= 0.6 is 11.8 Å². The van der Waals surface area contributed by atoms with Crippen molar-refractivity contribution in [1.29, 1.82) is 0 Å². The predicted molar refractivity (Wildman–Crippen MR) is 80.2 cm³/mol. The number of anilines is 1. The van der Waals surface area contributed by atoms with E-state index in [2.05, 4.69) is 0 Å². The summed E-state index contributed by atoms with van der Waals surface area (Å²) in [6, 6.07) is 7.32. The van der Waals surface area contributed by atoms with Crippen LogP contribution in [0.25, 0.3) is 0 Å². The van der Waals surface area contributed by atoms with Gasteiger partial charge in [-0.05, 0) is 42.3 Å². The van der Waals surface area contributed by atoms with E-state index >= 15 is 0 Å². The molecule has 1 amide bonds. The smallest absolute Gasteiger partial charge is 0.238 e. The lowest BCUT2D eigenvalue weighted by Crippen LogP contribution is -2.28. The Kier molecular flexibility index (Phi) is 3.87. The van der Waals surface area contributed by atoms with Gasteiger partial charge in [0.25, 0.3) is 0 Å². The Morgan fingerprint density at radius 2 is 1.73 bits per heavy atom. The first-order chi connectivity index (χ1) is 10.5. The van der Waals surface area contributed by atoms with E-state index in [4.69, 9.17) is 0 Å². The highest BCUT2D eigenvalue weighted by molar-refractivity contribution is 8.00. The number of hydrogen-bond acceptors (Lipinski definition) is 2. The maximum Gasteiger partial charge on any atom is 0.238 e. The van der Waals surface area contributed by atoms with Gasteiger partial charge in [0.05, 0.1) is 11.4 Å². The molecule has 6 heteroatoms. The van der Waals surface area contributed by atoms with Crippen LogP contribution in [-0.4, -0.2) is 11.7 Å². The average molecular weight is 323 g/mol. The Morgan fingerprint density at radius 1 is 1.05 bits per heavy atom. The van der Waals surface area contributed by atoms with Crippen molar-refractivity contribution in [3.05, 3.63) is 65.0 Å². The minimum Gasteiger partial charge on any atom is -0.295 e. The average Bonchev–Trinajstić information content (AvgIpc) is 2.82. The van der Waals surface area contributed by atoms with Crippen molar-refractivity contribution in [3.8, 4) is 0 Å². The molecule has 2 nitrogen and oxygen atoms in total. The quantitative estimate of drug-likeness (QED) is 0.826. The molecule has 1 atom stereocenters. The van der Waals surface area contributed by atoms with Gasteiger partial charge in [-0.15, -0.1) is 11.8 Å². The van der Waals surface area contributed by atoms with Gasteiger partial charge in [-0.1, -0.05) is 6.07 Å². The summed E-state index contributed by atoms with van der Waals surface area (Å²) in [5.74, 6) is -1.90. The Morgan fingerprint density at radius 3 is 2.41 bits per heavy atom. The summed E-state index contributed by atoms with van der Waals surface area (Å²) in [7, 11) is 0. The van der Waals surface area contributed by atoms with Crippen LogP contribution in [0.3, 0.4) is 0 Å². The molecule has 3 rings (SSSR count). The Hall–Kier alpha value is -1.95. The van der Waals surface area contributed by atoms with Gasteiger partial charge in [-0.2, -0.15) is 0 Å². The van der Waals surface area contributed by atoms with Crippen molar-refractivity contribution >= 4 is 23.4 Å². The van der Waals surface area contributed by atoms with Crippen molar-refractivity contribution in [2.75, 3.05) is 10.7 Å². The van der Waals surface area contributed by atoms with Gasteiger partial charge < -0.3 is 0 Å². The van der Waals surface area contributed by atoms with Crippen LogP contribution in [0.5, 0.6) is 0 Å². The van der Waals surface area contributed by atoms with E-state index in [0.717, 1.165) is 11.6 Å². The van der Waals surface area contributed by atoms with Gasteiger partial charge in [0.2, 0.25) is 5.91 Å². The fourth-order valence-corrected chi connectivity index (χ4v) is 3.64. The van der Waals surface area contributed by atoms with E-state index in [0.29, 0.717) is 11.3 Å². The number of hydrogen-bond donors (Lipinski definition) is 0. The molecule has 0 aromatic heterocycles. The van der Waals surface area contributed by atoms with Crippen LogP contribution in [0.2, 0.25) is 0 Å². The summed E-state index contributed by atoms with van der Waals surface area (Å²) >= 11 is 1.26. The molecule has 114 valence electrons. The lowest BCUT2D eigenvalue weighted by molar-refractivity contribution is -0.115. The van der Waals surface area contributed by atoms with E-state index in [1.165, 1.54) is 40.9 Å². The van der Waals surface area contributed by atoms with Crippen LogP contribution in [0, 0.1) is 24.4 Å². The van der Waals surface area contributed by atoms with Crippen LogP contribution < -0.4 is 4.90 Å². The van der Waals surface area contributed by atoms with E-state index in [-0.39, 0.29) is 11.7 Å². The molecule has 1 aliphatic rings. The summed E-state index contributed by atoms with van der Waals surface area (Å²) in [5.41, 5.74) is 1.49. The normalized spacial score (nSPS) is 18.1. The molecular weight excluding hydrogens is 311 g/mol. The van der Waals surface area contributed by atoms with Gasteiger partial charge in [0.1, 0.15) is 22.8 Å². The maximum atomic E-state index is 13.5. The molecule has 0 saturated carbocycles. The molecular formula is C16H12F3NOS. The summed E-state index contributed by atoms with van der Waals surface area (Å²) in [5, 5.41) is -0.571. The molecule has 2 aromatic rings. The topological polar surface area (TPSA) is 20.3 Å². The molecule has 1 fully saturated rings. The molecule has 2 aromatic carbocycles. The van der Waals surface area contributed by atoms with Crippen LogP contribution in [0.1, 0.15) is 16.5 Å².